The number of halogens is 4. The first-order valence-corrected chi connectivity index (χ1v) is 9.79. The number of rotatable bonds is 6. The van der Waals surface area contributed by atoms with Crippen molar-refractivity contribution in [1.29, 1.82) is 0 Å². The van der Waals surface area contributed by atoms with Crippen LogP contribution in [0.15, 0.2) is 36.5 Å². The molecular weight excluding hydrogens is 435 g/mol. The number of aromatic nitrogens is 2. The second-order valence-corrected chi connectivity index (χ2v) is 7.33. The molecule has 31 heavy (non-hydrogen) atoms. The van der Waals surface area contributed by atoms with Crippen molar-refractivity contribution >= 4 is 24.2 Å². The molecule has 4 N–H and O–H groups in total. The molecule has 3 rings (SSSR count). The Morgan fingerprint density at radius 3 is 2.29 bits per heavy atom. The van der Waals surface area contributed by atoms with E-state index in [9.17, 15) is 22.8 Å². The van der Waals surface area contributed by atoms with Gasteiger partial charge in [0.1, 0.15) is 0 Å². The van der Waals surface area contributed by atoms with Gasteiger partial charge in [-0.05, 0) is 37.8 Å². The zero-order valence-electron chi connectivity index (χ0n) is 16.7. The molecule has 170 valence electrons. The van der Waals surface area contributed by atoms with Crippen LogP contribution < -0.4 is 16.4 Å². The molecule has 1 saturated carbocycles. The van der Waals surface area contributed by atoms with Crippen molar-refractivity contribution in [2.75, 3.05) is 13.1 Å². The lowest BCUT2D eigenvalue weighted by atomic mass is 9.86. The summed E-state index contributed by atoms with van der Waals surface area (Å²) in [6.07, 6.45) is -0.707. The lowest BCUT2D eigenvalue weighted by molar-refractivity contribution is -0.141. The summed E-state index contributed by atoms with van der Waals surface area (Å²) in [7, 11) is 0. The Hall–Kier alpha value is -2.59. The van der Waals surface area contributed by atoms with Gasteiger partial charge in [0.15, 0.2) is 5.69 Å². The highest BCUT2D eigenvalue weighted by molar-refractivity contribution is 5.95. The third kappa shape index (κ3) is 6.44. The maximum Gasteiger partial charge on any atom is 0.435 e. The summed E-state index contributed by atoms with van der Waals surface area (Å²) in [4.78, 5) is 24.5. The fourth-order valence-electron chi connectivity index (χ4n) is 3.45. The van der Waals surface area contributed by atoms with Gasteiger partial charge in [0.2, 0.25) is 5.91 Å². The summed E-state index contributed by atoms with van der Waals surface area (Å²) in [5, 5.41) is 8.67. The van der Waals surface area contributed by atoms with E-state index in [1.165, 1.54) is 0 Å². The molecule has 1 aromatic heterocycles. The highest BCUT2D eigenvalue weighted by Gasteiger charge is 2.39. The molecule has 0 saturated heterocycles. The van der Waals surface area contributed by atoms with E-state index in [0.717, 1.165) is 23.7 Å². The number of para-hydroxylation sites is 1. The van der Waals surface area contributed by atoms with Crippen LogP contribution in [0.4, 0.5) is 13.2 Å². The summed E-state index contributed by atoms with van der Waals surface area (Å²) in [6, 6.07) is 8.35. The standard InChI is InChI=1S/C20H24F3N5O2.ClH/c21-20(22,23)17-16(12-28(27-17)15-4-2-1-3-5-15)19(30)26-11-10-25-18(29)13-6-8-14(24)9-7-13;/h1-5,12-14H,6-11,24H2,(H,25,29)(H,26,30);1H/t13-,14-;. The highest BCUT2D eigenvalue weighted by Crippen LogP contribution is 2.31. The van der Waals surface area contributed by atoms with Crippen LogP contribution in [0.25, 0.3) is 5.69 Å². The van der Waals surface area contributed by atoms with Gasteiger partial charge in [0, 0.05) is 31.2 Å². The van der Waals surface area contributed by atoms with E-state index in [0.29, 0.717) is 18.5 Å². The Morgan fingerprint density at radius 1 is 1.06 bits per heavy atom. The van der Waals surface area contributed by atoms with E-state index in [1.54, 1.807) is 30.3 Å². The average molecular weight is 460 g/mol. The number of nitrogens with two attached hydrogens (primary N) is 1. The number of benzene rings is 1. The highest BCUT2D eigenvalue weighted by atomic mass is 35.5. The molecule has 0 atom stereocenters. The monoisotopic (exact) mass is 459 g/mol. The number of carbonyl (C=O) groups excluding carboxylic acids is 2. The van der Waals surface area contributed by atoms with Crippen LogP contribution in [0.3, 0.4) is 0 Å². The number of hydrogen-bond acceptors (Lipinski definition) is 4. The molecule has 0 spiro atoms. The minimum Gasteiger partial charge on any atom is -0.354 e. The minimum absolute atomic E-state index is 0. The van der Waals surface area contributed by atoms with Crippen LogP contribution in [0.5, 0.6) is 0 Å². The molecular formula is C20H25ClF3N5O2. The SMILES string of the molecule is Cl.N[C@H]1CC[C@H](C(=O)NCCNC(=O)c2cn(-c3ccccc3)nc2C(F)(F)F)CC1. The topological polar surface area (TPSA) is 102 Å². The maximum atomic E-state index is 13.3. The molecule has 11 heteroatoms. The van der Waals surface area contributed by atoms with Gasteiger partial charge in [0.05, 0.1) is 11.3 Å². The summed E-state index contributed by atoms with van der Waals surface area (Å²) >= 11 is 0. The number of alkyl halides is 3. The largest absolute Gasteiger partial charge is 0.435 e. The third-order valence-corrected chi connectivity index (χ3v) is 5.10. The Labute approximate surface area is 184 Å². The van der Waals surface area contributed by atoms with E-state index in [4.69, 9.17) is 5.73 Å². The number of nitrogens with one attached hydrogen (secondary N) is 2. The molecule has 2 aromatic rings. The number of nitrogens with zero attached hydrogens (tertiary/aromatic N) is 2. The molecule has 2 amide bonds. The predicted octanol–water partition coefficient (Wildman–Crippen LogP) is 2.68. The van der Waals surface area contributed by atoms with Gasteiger partial charge in [-0.1, -0.05) is 18.2 Å². The predicted molar refractivity (Wildman–Crippen MR) is 111 cm³/mol. The molecule has 0 aliphatic heterocycles. The molecule has 0 bridgehead atoms. The lowest BCUT2D eigenvalue weighted by Gasteiger charge is -2.25. The Bertz CT molecular complexity index is 881. The van der Waals surface area contributed by atoms with Gasteiger partial charge in [-0.25, -0.2) is 4.68 Å². The normalized spacial score (nSPS) is 18.7. The van der Waals surface area contributed by atoms with Crippen molar-refractivity contribution in [3.8, 4) is 5.69 Å². The van der Waals surface area contributed by atoms with E-state index < -0.39 is 23.3 Å². The summed E-state index contributed by atoms with van der Waals surface area (Å²) < 4.78 is 41.1. The Kier molecular flexibility index (Phi) is 8.46. The fraction of sp³-hybridized carbons (Fsp3) is 0.450. The smallest absolute Gasteiger partial charge is 0.354 e. The number of amides is 2. The minimum atomic E-state index is -4.78. The Morgan fingerprint density at radius 2 is 1.68 bits per heavy atom. The van der Waals surface area contributed by atoms with Gasteiger partial charge in [-0.15, -0.1) is 12.4 Å². The summed E-state index contributed by atoms with van der Waals surface area (Å²) in [5.41, 5.74) is 4.40. The van der Waals surface area contributed by atoms with Crippen molar-refractivity contribution in [3.63, 3.8) is 0 Å². The van der Waals surface area contributed by atoms with E-state index >= 15 is 0 Å². The first-order valence-electron chi connectivity index (χ1n) is 9.79. The Balaban J connectivity index is 0.00000341. The van der Waals surface area contributed by atoms with E-state index in [2.05, 4.69) is 15.7 Å². The van der Waals surface area contributed by atoms with E-state index in [-0.39, 0.29) is 43.4 Å². The second-order valence-electron chi connectivity index (χ2n) is 7.33. The average Bonchev–Trinajstić information content (AvgIpc) is 3.18. The van der Waals surface area contributed by atoms with Crippen LogP contribution in [0.1, 0.15) is 41.7 Å². The van der Waals surface area contributed by atoms with Crippen LogP contribution >= 0.6 is 12.4 Å². The van der Waals surface area contributed by atoms with Crippen molar-refractivity contribution in [3.05, 3.63) is 47.8 Å². The molecule has 0 radical (unpaired) electrons. The van der Waals surface area contributed by atoms with E-state index in [1.807, 2.05) is 0 Å². The van der Waals surface area contributed by atoms with Gasteiger partial charge in [0.25, 0.3) is 5.91 Å². The van der Waals surface area contributed by atoms with Gasteiger partial charge >= 0.3 is 6.18 Å². The second kappa shape index (κ2) is 10.6. The quantitative estimate of drug-likeness (QED) is 0.578. The van der Waals surface area contributed by atoms with Gasteiger partial charge < -0.3 is 16.4 Å². The molecule has 1 aliphatic rings. The number of carbonyl (C=O) groups is 2. The van der Waals surface area contributed by atoms with Crippen LogP contribution in [0, 0.1) is 5.92 Å². The van der Waals surface area contributed by atoms with Crippen LogP contribution in [-0.2, 0) is 11.0 Å². The molecule has 1 fully saturated rings. The summed E-state index contributed by atoms with van der Waals surface area (Å²) in [6.45, 7) is 0.131. The van der Waals surface area contributed by atoms with Gasteiger partial charge in [-0.3, -0.25) is 9.59 Å². The lowest BCUT2D eigenvalue weighted by Crippen LogP contribution is -2.40. The molecule has 7 nitrogen and oxygen atoms in total. The molecule has 1 aliphatic carbocycles. The zero-order valence-corrected chi connectivity index (χ0v) is 17.5. The first kappa shape index (κ1) is 24.7. The van der Waals surface area contributed by atoms with Crippen LogP contribution in [0.2, 0.25) is 0 Å². The first-order chi connectivity index (χ1) is 14.3. The molecule has 1 aromatic carbocycles. The van der Waals surface area contributed by atoms with Crippen molar-refractivity contribution in [2.24, 2.45) is 11.7 Å². The van der Waals surface area contributed by atoms with Crippen molar-refractivity contribution in [1.82, 2.24) is 20.4 Å². The van der Waals surface area contributed by atoms with Crippen LogP contribution in [-0.4, -0.2) is 40.7 Å². The zero-order chi connectivity index (χ0) is 21.7. The van der Waals surface area contributed by atoms with Crippen molar-refractivity contribution < 1.29 is 22.8 Å². The maximum absolute atomic E-state index is 13.3. The van der Waals surface area contributed by atoms with Gasteiger partial charge in [-0.2, -0.15) is 18.3 Å². The fourth-order valence-corrected chi connectivity index (χ4v) is 3.45. The van der Waals surface area contributed by atoms with Crippen molar-refractivity contribution in [2.45, 2.75) is 37.9 Å². The molecule has 1 heterocycles. The molecule has 0 unspecified atom stereocenters. The third-order valence-electron chi connectivity index (χ3n) is 5.10. The number of hydrogen-bond donors (Lipinski definition) is 3. The summed E-state index contributed by atoms with van der Waals surface area (Å²) in [5.74, 6) is -1.13.